The molecule has 0 aliphatic rings. The lowest BCUT2D eigenvalue weighted by Gasteiger charge is -2.11. The largest absolute Gasteiger partial charge is 0.416 e. The Morgan fingerprint density at radius 2 is 1.84 bits per heavy atom. The van der Waals surface area contributed by atoms with Crippen LogP contribution >= 0.6 is 0 Å². The predicted molar refractivity (Wildman–Crippen MR) is 65.2 cm³/mol. The van der Waals surface area contributed by atoms with Crippen molar-refractivity contribution in [2.45, 2.75) is 12.7 Å². The first-order chi connectivity index (χ1) is 8.95. The summed E-state index contributed by atoms with van der Waals surface area (Å²) in [4.78, 5) is 7.66. The fourth-order valence-electron chi connectivity index (χ4n) is 1.50. The van der Waals surface area contributed by atoms with Crippen molar-refractivity contribution in [1.82, 2.24) is 9.97 Å². The monoisotopic (exact) mass is 268 g/mol. The van der Waals surface area contributed by atoms with Crippen LogP contribution in [0.5, 0.6) is 0 Å². The standard InChI is InChI=1S/C12H11F3N4/c13-12(14,15)9-5-10(16)19-11(6-9)18-7-8-1-3-17-4-2-8/h1-6H,7H2,(H3,16,18,19). The number of hydrogen-bond donors (Lipinski definition) is 2. The van der Waals surface area contributed by atoms with E-state index in [1.54, 1.807) is 24.5 Å². The molecule has 0 saturated carbocycles. The lowest BCUT2D eigenvalue weighted by molar-refractivity contribution is -0.137. The Labute approximate surface area is 107 Å². The van der Waals surface area contributed by atoms with Gasteiger partial charge in [0.25, 0.3) is 0 Å². The number of hydrogen-bond acceptors (Lipinski definition) is 4. The maximum absolute atomic E-state index is 12.6. The highest BCUT2D eigenvalue weighted by atomic mass is 19.4. The summed E-state index contributed by atoms with van der Waals surface area (Å²) in [5.41, 5.74) is 5.42. The molecule has 100 valence electrons. The van der Waals surface area contributed by atoms with Crippen LogP contribution in [0.4, 0.5) is 24.8 Å². The van der Waals surface area contributed by atoms with Crippen LogP contribution in [0.15, 0.2) is 36.7 Å². The molecule has 0 fully saturated rings. The van der Waals surface area contributed by atoms with E-state index >= 15 is 0 Å². The molecule has 0 aliphatic heterocycles. The van der Waals surface area contributed by atoms with Crippen molar-refractivity contribution in [3.63, 3.8) is 0 Å². The fourth-order valence-corrected chi connectivity index (χ4v) is 1.50. The maximum atomic E-state index is 12.6. The van der Waals surface area contributed by atoms with Crippen LogP contribution in [0, 0.1) is 0 Å². The van der Waals surface area contributed by atoms with Crippen LogP contribution in [0.25, 0.3) is 0 Å². The molecule has 0 aliphatic carbocycles. The summed E-state index contributed by atoms with van der Waals surface area (Å²) in [7, 11) is 0. The molecule has 0 unspecified atom stereocenters. The summed E-state index contributed by atoms with van der Waals surface area (Å²) in [5.74, 6) is -0.0869. The second kappa shape index (κ2) is 5.13. The summed E-state index contributed by atoms with van der Waals surface area (Å²) < 4.78 is 37.8. The molecule has 0 aromatic carbocycles. The normalized spacial score (nSPS) is 11.3. The van der Waals surface area contributed by atoms with Crippen molar-refractivity contribution in [2.75, 3.05) is 11.1 Å². The smallest absolute Gasteiger partial charge is 0.384 e. The SMILES string of the molecule is Nc1cc(C(F)(F)F)cc(NCc2ccncc2)n1. The summed E-state index contributed by atoms with van der Waals surface area (Å²) in [6.45, 7) is 0.344. The first kappa shape index (κ1) is 13.1. The summed E-state index contributed by atoms with van der Waals surface area (Å²) in [6, 6.07) is 5.24. The summed E-state index contributed by atoms with van der Waals surface area (Å²) in [6.07, 6.45) is -1.24. The Bertz CT molecular complexity index is 555. The molecule has 3 N–H and O–H groups in total. The minimum absolute atomic E-state index is 0.0872. The van der Waals surface area contributed by atoms with Gasteiger partial charge < -0.3 is 11.1 Å². The van der Waals surface area contributed by atoms with Crippen molar-refractivity contribution in [3.05, 3.63) is 47.8 Å². The molecule has 2 rings (SSSR count). The van der Waals surface area contributed by atoms with E-state index in [1.165, 1.54) is 0 Å². The average molecular weight is 268 g/mol. The minimum atomic E-state index is -4.44. The molecule has 2 heterocycles. The van der Waals surface area contributed by atoms with Crippen LogP contribution < -0.4 is 11.1 Å². The molecule has 0 bridgehead atoms. The van der Waals surface area contributed by atoms with Gasteiger partial charge in [0.15, 0.2) is 0 Å². The Hall–Kier alpha value is -2.31. The summed E-state index contributed by atoms with van der Waals surface area (Å²) >= 11 is 0. The Morgan fingerprint density at radius 1 is 1.16 bits per heavy atom. The van der Waals surface area contributed by atoms with E-state index in [0.29, 0.717) is 6.54 Å². The first-order valence-corrected chi connectivity index (χ1v) is 5.43. The fraction of sp³-hybridized carbons (Fsp3) is 0.167. The van der Waals surface area contributed by atoms with Crippen molar-refractivity contribution < 1.29 is 13.2 Å². The lowest BCUT2D eigenvalue weighted by Crippen LogP contribution is -2.09. The third kappa shape index (κ3) is 3.57. The van der Waals surface area contributed by atoms with E-state index in [9.17, 15) is 13.2 Å². The van der Waals surface area contributed by atoms with Gasteiger partial charge in [0, 0.05) is 18.9 Å². The number of anilines is 2. The number of rotatable bonds is 3. The van der Waals surface area contributed by atoms with Crippen molar-refractivity contribution in [1.29, 1.82) is 0 Å². The van der Waals surface area contributed by atoms with Gasteiger partial charge in [-0.25, -0.2) is 4.98 Å². The Balaban J connectivity index is 2.15. The number of nitrogens with two attached hydrogens (primary N) is 1. The zero-order valence-corrected chi connectivity index (χ0v) is 9.78. The van der Waals surface area contributed by atoms with Gasteiger partial charge in [-0.2, -0.15) is 13.2 Å². The van der Waals surface area contributed by atoms with Gasteiger partial charge >= 0.3 is 6.18 Å². The van der Waals surface area contributed by atoms with Gasteiger partial charge in [0.2, 0.25) is 0 Å². The van der Waals surface area contributed by atoms with Gasteiger partial charge in [-0.05, 0) is 29.8 Å². The third-order valence-corrected chi connectivity index (χ3v) is 2.40. The maximum Gasteiger partial charge on any atom is 0.416 e. The zero-order valence-electron chi connectivity index (χ0n) is 9.78. The van der Waals surface area contributed by atoms with Crippen molar-refractivity contribution >= 4 is 11.6 Å². The van der Waals surface area contributed by atoms with E-state index in [4.69, 9.17) is 5.73 Å². The molecule has 0 saturated heterocycles. The first-order valence-electron chi connectivity index (χ1n) is 5.43. The van der Waals surface area contributed by atoms with E-state index in [-0.39, 0.29) is 11.6 Å². The number of nitrogens with one attached hydrogen (secondary N) is 1. The minimum Gasteiger partial charge on any atom is -0.384 e. The molecule has 19 heavy (non-hydrogen) atoms. The zero-order chi connectivity index (χ0) is 13.9. The number of alkyl halides is 3. The van der Waals surface area contributed by atoms with Gasteiger partial charge in [0.1, 0.15) is 11.6 Å². The predicted octanol–water partition coefficient (Wildman–Crippen LogP) is 2.69. The molecule has 0 radical (unpaired) electrons. The van der Waals surface area contributed by atoms with Crippen molar-refractivity contribution in [3.8, 4) is 0 Å². The molecule has 4 nitrogen and oxygen atoms in total. The van der Waals surface area contributed by atoms with Gasteiger partial charge in [-0.15, -0.1) is 0 Å². The highest BCUT2D eigenvalue weighted by molar-refractivity contribution is 5.47. The van der Waals surface area contributed by atoms with E-state index < -0.39 is 11.7 Å². The molecule has 2 aromatic rings. The van der Waals surface area contributed by atoms with Crippen LogP contribution in [0.1, 0.15) is 11.1 Å². The highest BCUT2D eigenvalue weighted by Gasteiger charge is 2.31. The second-order valence-electron chi connectivity index (χ2n) is 3.87. The molecular weight excluding hydrogens is 257 g/mol. The van der Waals surface area contributed by atoms with E-state index in [1.807, 2.05) is 0 Å². The van der Waals surface area contributed by atoms with Crippen LogP contribution in [0.2, 0.25) is 0 Å². The van der Waals surface area contributed by atoms with Gasteiger partial charge in [0.05, 0.1) is 5.56 Å². The van der Waals surface area contributed by atoms with Crippen LogP contribution in [0.3, 0.4) is 0 Å². The molecule has 7 heteroatoms. The Morgan fingerprint density at radius 3 is 2.47 bits per heavy atom. The molecule has 0 amide bonds. The van der Waals surface area contributed by atoms with Crippen LogP contribution in [-0.2, 0) is 12.7 Å². The van der Waals surface area contributed by atoms with Gasteiger partial charge in [-0.3, -0.25) is 4.98 Å². The molecular formula is C12H11F3N4. The van der Waals surface area contributed by atoms with Gasteiger partial charge in [-0.1, -0.05) is 0 Å². The Kier molecular flexibility index (Phi) is 3.55. The number of nitrogens with zero attached hydrogens (tertiary/aromatic N) is 2. The lowest BCUT2D eigenvalue weighted by atomic mass is 10.2. The third-order valence-electron chi connectivity index (χ3n) is 2.40. The molecule has 2 aromatic heterocycles. The molecule has 0 atom stereocenters. The van der Waals surface area contributed by atoms with E-state index in [2.05, 4.69) is 15.3 Å². The number of aromatic nitrogens is 2. The van der Waals surface area contributed by atoms with E-state index in [0.717, 1.165) is 17.7 Å². The number of halogens is 3. The number of nitrogen functional groups attached to an aromatic ring is 1. The second-order valence-corrected chi connectivity index (χ2v) is 3.87. The topological polar surface area (TPSA) is 63.8 Å². The quantitative estimate of drug-likeness (QED) is 0.898. The number of pyridine rings is 2. The molecule has 0 spiro atoms. The highest BCUT2D eigenvalue weighted by Crippen LogP contribution is 2.31. The van der Waals surface area contributed by atoms with Crippen LogP contribution in [-0.4, -0.2) is 9.97 Å². The summed E-state index contributed by atoms with van der Waals surface area (Å²) in [5, 5.41) is 2.80. The van der Waals surface area contributed by atoms with Crippen molar-refractivity contribution in [2.24, 2.45) is 0 Å². The average Bonchev–Trinajstić information content (AvgIpc) is 2.36.